The second-order valence-corrected chi connectivity index (χ2v) is 7.71. The highest BCUT2D eigenvalue weighted by molar-refractivity contribution is 5.98. The number of rotatable bonds is 4. The maximum absolute atomic E-state index is 13.0. The van der Waals surface area contributed by atoms with Crippen molar-refractivity contribution >= 4 is 22.7 Å². The fraction of sp³-hybridized carbons (Fsp3) is 0.304. The molecule has 3 aromatic rings. The number of hydrogen-bond donors (Lipinski definition) is 2. The van der Waals surface area contributed by atoms with Crippen molar-refractivity contribution in [2.24, 2.45) is 0 Å². The Hall–Kier alpha value is -3.28. The number of carbonyl (C=O) groups excluding carboxylic acids is 2. The molecule has 0 unspecified atom stereocenters. The number of hydrogen-bond acceptors (Lipinski definition) is 3. The van der Waals surface area contributed by atoms with Gasteiger partial charge in [-0.15, -0.1) is 0 Å². The van der Waals surface area contributed by atoms with Crippen molar-refractivity contribution in [3.05, 3.63) is 54.1 Å². The van der Waals surface area contributed by atoms with E-state index >= 15 is 0 Å². The lowest BCUT2D eigenvalue weighted by Gasteiger charge is -2.34. The summed E-state index contributed by atoms with van der Waals surface area (Å²) in [6, 6.07) is 15.1. The fourth-order valence-electron chi connectivity index (χ4n) is 4.59. The number of para-hydroxylation sites is 1. The van der Waals surface area contributed by atoms with Gasteiger partial charge in [0, 0.05) is 29.6 Å². The van der Waals surface area contributed by atoms with Crippen molar-refractivity contribution < 1.29 is 14.3 Å². The third-order valence-corrected chi connectivity index (χ3v) is 6.05. The first-order chi connectivity index (χ1) is 14.2. The highest BCUT2D eigenvalue weighted by Gasteiger charge is 2.43. The molecule has 2 aromatic carbocycles. The fourth-order valence-corrected chi connectivity index (χ4v) is 4.59. The molecular formula is C23H23N3O3. The Bertz CT molecular complexity index is 1090. The normalized spacial score (nSPS) is 21.3. The number of carbonyl (C=O) groups is 2. The molecule has 1 aromatic heterocycles. The van der Waals surface area contributed by atoms with Crippen molar-refractivity contribution in [1.29, 1.82) is 0 Å². The highest BCUT2D eigenvalue weighted by atomic mass is 16.5. The summed E-state index contributed by atoms with van der Waals surface area (Å²) in [6.45, 7) is 0.673. The van der Waals surface area contributed by atoms with Crippen LogP contribution in [0.1, 0.15) is 18.4 Å². The maximum atomic E-state index is 13.0. The molecule has 0 aliphatic carbocycles. The molecule has 6 nitrogen and oxygen atoms in total. The van der Waals surface area contributed by atoms with Crippen molar-refractivity contribution in [3.63, 3.8) is 0 Å². The van der Waals surface area contributed by atoms with Crippen LogP contribution in [0.3, 0.4) is 0 Å². The quantitative estimate of drug-likeness (QED) is 0.721. The second-order valence-electron chi connectivity index (χ2n) is 7.71. The van der Waals surface area contributed by atoms with E-state index in [9.17, 15) is 9.59 Å². The molecule has 2 saturated heterocycles. The van der Waals surface area contributed by atoms with E-state index in [1.807, 2.05) is 42.5 Å². The van der Waals surface area contributed by atoms with Gasteiger partial charge in [-0.25, -0.2) is 0 Å². The number of benzene rings is 2. The summed E-state index contributed by atoms with van der Waals surface area (Å²) in [5, 5.41) is 4.05. The molecule has 29 heavy (non-hydrogen) atoms. The van der Waals surface area contributed by atoms with Crippen molar-refractivity contribution in [1.82, 2.24) is 15.2 Å². The lowest BCUT2D eigenvalue weighted by molar-refractivity contribution is -0.146. The molecule has 2 fully saturated rings. The molecule has 2 atom stereocenters. The van der Waals surface area contributed by atoms with Gasteiger partial charge in [-0.2, -0.15) is 0 Å². The van der Waals surface area contributed by atoms with Crippen LogP contribution < -0.4 is 10.1 Å². The first kappa shape index (κ1) is 17.8. The second kappa shape index (κ2) is 6.95. The summed E-state index contributed by atoms with van der Waals surface area (Å²) in [6.07, 6.45) is 2.11. The first-order valence-electron chi connectivity index (χ1n) is 10.0. The number of H-pyrrole nitrogens is 1. The van der Waals surface area contributed by atoms with E-state index in [-0.39, 0.29) is 17.9 Å². The minimum Gasteiger partial charge on any atom is -0.497 e. The predicted octanol–water partition coefficient (Wildman–Crippen LogP) is 2.88. The zero-order valence-corrected chi connectivity index (χ0v) is 16.3. The summed E-state index contributed by atoms with van der Waals surface area (Å²) >= 11 is 0. The molecule has 2 aliphatic rings. The van der Waals surface area contributed by atoms with E-state index in [4.69, 9.17) is 4.74 Å². The molecule has 0 saturated carbocycles. The minimum atomic E-state index is -0.534. The van der Waals surface area contributed by atoms with E-state index in [0.29, 0.717) is 13.0 Å². The summed E-state index contributed by atoms with van der Waals surface area (Å²) in [5.41, 5.74) is 4.05. The van der Waals surface area contributed by atoms with Gasteiger partial charge in [0.05, 0.1) is 7.11 Å². The molecule has 6 heteroatoms. The van der Waals surface area contributed by atoms with Gasteiger partial charge in [-0.1, -0.05) is 18.2 Å². The summed E-state index contributed by atoms with van der Waals surface area (Å²) in [5.74, 6) is 0.789. The Morgan fingerprint density at radius 2 is 1.90 bits per heavy atom. The standard InChI is InChI=1S/C23H23N3O3/c1-29-15-10-8-14(9-11-15)21-17(16-5-2-3-6-18(16)24-21)13-19-23(28)26-12-4-7-20(26)22(27)25-19/h2-3,5-6,8-11,19-20,24H,4,7,12-13H2,1H3,(H,25,27)/t19-,20+/m0/s1. The minimum absolute atomic E-state index is 0.0260. The maximum Gasteiger partial charge on any atom is 0.246 e. The lowest BCUT2D eigenvalue weighted by Crippen LogP contribution is -2.61. The van der Waals surface area contributed by atoms with Crippen LogP contribution in [0.15, 0.2) is 48.5 Å². The first-order valence-corrected chi connectivity index (χ1v) is 10.0. The Kier molecular flexibility index (Phi) is 4.27. The molecule has 5 rings (SSSR count). The van der Waals surface area contributed by atoms with Crippen molar-refractivity contribution in [2.75, 3.05) is 13.7 Å². The number of nitrogens with zero attached hydrogens (tertiary/aromatic N) is 1. The van der Waals surface area contributed by atoms with Gasteiger partial charge in [0.1, 0.15) is 17.8 Å². The average Bonchev–Trinajstić information content (AvgIpc) is 3.38. The number of amides is 2. The molecule has 0 bridgehead atoms. The third kappa shape index (κ3) is 2.95. The van der Waals surface area contributed by atoms with Crippen LogP contribution in [-0.2, 0) is 16.0 Å². The Morgan fingerprint density at radius 1 is 1.10 bits per heavy atom. The van der Waals surface area contributed by atoms with Crippen LogP contribution in [0.5, 0.6) is 5.75 Å². The molecule has 0 spiro atoms. The van der Waals surface area contributed by atoms with Gasteiger partial charge < -0.3 is 19.9 Å². The Balaban J connectivity index is 1.55. The van der Waals surface area contributed by atoms with E-state index in [0.717, 1.165) is 46.3 Å². The van der Waals surface area contributed by atoms with Gasteiger partial charge >= 0.3 is 0 Å². The SMILES string of the molecule is COc1ccc(-c2[nH]c3ccccc3c2C[C@@H]2NC(=O)[C@H]3CCCN3C2=O)cc1. The van der Waals surface area contributed by atoms with Crippen molar-refractivity contribution in [3.8, 4) is 17.0 Å². The zero-order chi connectivity index (χ0) is 20.0. The number of aromatic amines is 1. The largest absolute Gasteiger partial charge is 0.497 e. The van der Waals surface area contributed by atoms with Gasteiger partial charge in [0.15, 0.2) is 0 Å². The van der Waals surface area contributed by atoms with E-state index in [2.05, 4.69) is 16.4 Å². The van der Waals surface area contributed by atoms with Crippen molar-refractivity contribution in [2.45, 2.75) is 31.3 Å². The van der Waals surface area contributed by atoms with Crippen LogP contribution in [-0.4, -0.2) is 47.4 Å². The van der Waals surface area contributed by atoms with E-state index in [1.165, 1.54) is 0 Å². The van der Waals surface area contributed by atoms with Gasteiger partial charge in [0.2, 0.25) is 11.8 Å². The molecule has 148 valence electrons. The third-order valence-electron chi connectivity index (χ3n) is 6.05. The topological polar surface area (TPSA) is 74.4 Å². The predicted molar refractivity (Wildman–Crippen MR) is 111 cm³/mol. The molecule has 3 heterocycles. The Morgan fingerprint density at radius 3 is 2.69 bits per heavy atom. The summed E-state index contributed by atoms with van der Waals surface area (Å²) < 4.78 is 5.27. The van der Waals surface area contributed by atoms with Gasteiger partial charge in [-0.3, -0.25) is 9.59 Å². The summed E-state index contributed by atoms with van der Waals surface area (Å²) in [7, 11) is 1.65. The number of methoxy groups -OCH3 is 1. The number of piperazine rings is 1. The Labute approximate surface area is 168 Å². The van der Waals surface area contributed by atoms with Crippen LogP contribution in [0, 0.1) is 0 Å². The van der Waals surface area contributed by atoms with Crippen LogP contribution in [0.4, 0.5) is 0 Å². The molecule has 2 aliphatic heterocycles. The average molecular weight is 389 g/mol. The highest BCUT2D eigenvalue weighted by Crippen LogP contribution is 2.33. The molecule has 0 radical (unpaired) electrons. The van der Waals surface area contributed by atoms with Crippen LogP contribution in [0.25, 0.3) is 22.2 Å². The van der Waals surface area contributed by atoms with Gasteiger partial charge in [-0.05, 0) is 54.3 Å². The number of aromatic nitrogens is 1. The number of fused-ring (bicyclic) bond motifs is 2. The van der Waals surface area contributed by atoms with Crippen LogP contribution >= 0.6 is 0 Å². The van der Waals surface area contributed by atoms with E-state index < -0.39 is 6.04 Å². The monoisotopic (exact) mass is 389 g/mol. The molecule has 2 N–H and O–H groups in total. The number of ether oxygens (including phenoxy) is 1. The van der Waals surface area contributed by atoms with Gasteiger partial charge in [0.25, 0.3) is 0 Å². The lowest BCUT2D eigenvalue weighted by atomic mass is 9.96. The molecular weight excluding hydrogens is 366 g/mol. The van der Waals surface area contributed by atoms with E-state index in [1.54, 1.807) is 12.0 Å². The van der Waals surface area contributed by atoms with Crippen LogP contribution in [0.2, 0.25) is 0 Å². The number of nitrogens with one attached hydrogen (secondary N) is 2. The molecule has 2 amide bonds. The zero-order valence-electron chi connectivity index (χ0n) is 16.3. The summed E-state index contributed by atoms with van der Waals surface area (Å²) in [4.78, 5) is 30.8. The smallest absolute Gasteiger partial charge is 0.246 e.